The van der Waals surface area contributed by atoms with E-state index in [2.05, 4.69) is 25.8 Å². The van der Waals surface area contributed by atoms with Gasteiger partial charge in [0.25, 0.3) is 0 Å². The Morgan fingerprint density at radius 1 is 1.26 bits per heavy atom. The van der Waals surface area contributed by atoms with Crippen LogP contribution in [0.2, 0.25) is 0 Å². The van der Waals surface area contributed by atoms with Crippen LogP contribution in [-0.4, -0.2) is 36.9 Å². The van der Waals surface area contributed by atoms with Crippen LogP contribution in [0.4, 0.5) is 5.13 Å². The van der Waals surface area contributed by atoms with Gasteiger partial charge in [0.2, 0.25) is 11.0 Å². The smallest absolute Gasteiger partial charge is 0.248 e. The van der Waals surface area contributed by atoms with Crippen LogP contribution in [0.3, 0.4) is 0 Å². The number of nitrogens with zero attached hydrogens (tertiary/aromatic N) is 5. The second-order valence-electron chi connectivity index (χ2n) is 3.91. The topological polar surface area (TPSA) is 103 Å². The van der Waals surface area contributed by atoms with Gasteiger partial charge in [-0.1, -0.05) is 16.6 Å². The number of hydrogen-bond donors (Lipinski definition) is 1. The molecule has 1 N–H and O–H groups in total. The first-order valence-corrected chi connectivity index (χ1v) is 6.30. The first-order valence-electron chi connectivity index (χ1n) is 5.48. The summed E-state index contributed by atoms with van der Waals surface area (Å²) in [7, 11) is 0. The molecule has 2 heterocycles. The maximum absolute atomic E-state index is 11.8. The quantitative estimate of drug-likeness (QED) is 0.822. The highest BCUT2D eigenvalue weighted by molar-refractivity contribution is 7.15. The van der Waals surface area contributed by atoms with Crippen molar-refractivity contribution in [2.75, 3.05) is 5.32 Å². The number of hydrogen-bond acceptors (Lipinski definition) is 7. The van der Waals surface area contributed by atoms with Crippen molar-refractivity contribution in [3.05, 3.63) is 16.4 Å². The van der Waals surface area contributed by atoms with Crippen LogP contribution < -0.4 is 5.32 Å². The van der Waals surface area contributed by atoms with Gasteiger partial charge in [-0.15, -0.1) is 15.3 Å². The first kappa shape index (κ1) is 13.3. The molecular formula is C10H12N6O2S. The molecule has 9 heteroatoms. The summed E-state index contributed by atoms with van der Waals surface area (Å²) in [5, 5.41) is 18.9. The second kappa shape index (κ2) is 5.22. The number of amides is 1. The highest BCUT2D eigenvalue weighted by Crippen LogP contribution is 2.13. The molecule has 2 aromatic rings. The minimum absolute atomic E-state index is 0.0231. The lowest BCUT2D eigenvalue weighted by Crippen LogP contribution is -2.20. The standard InChI is InChI=1S/C10H12N6O2S/c1-5-9(6(2)17)13-15-16(5)4-8(18)11-10-14-12-7(3)19-10/h4H2,1-3H3,(H,11,14,18). The highest BCUT2D eigenvalue weighted by atomic mass is 32.1. The fourth-order valence-electron chi connectivity index (χ4n) is 1.48. The van der Waals surface area contributed by atoms with Gasteiger partial charge in [-0.25, -0.2) is 4.68 Å². The van der Waals surface area contributed by atoms with Crippen LogP contribution in [0.25, 0.3) is 0 Å². The molecule has 2 rings (SSSR count). The predicted molar refractivity (Wildman–Crippen MR) is 68.0 cm³/mol. The summed E-state index contributed by atoms with van der Waals surface area (Å²) >= 11 is 1.29. The predicted octanol–water partition coefficient (Wildman–Crippen LogP) is 0.588. The molecular weight excluding hydrogens is 268 g/mol. The van der Waals surface area contributed by atoms with E-state index in [1.807, 2.05) is 0 Å². The van der Waals surface area contributed by atoms with Crippen molar-refractivity contribution >= 4 is 28.2 Å². The molecule has 0 fully saturated rings. The zero-order valence-corrected chi connectivity index (χ0v) is 11.5. The van der Waals surface area contributed by atoms with Crippen LogP contribution in [0, 0.1) is 13.8 Å². The third kappa shape index (κ3) is 2.99. The maximum atomic E-state index is 11.8. The summed E-state index contributed by atoms with van der Waals surface area (Å²) in [6.07, 6.45) is 0. The Morgan fingerprint density at radius 3 is 2.53 bits per heavy atom. The van der Waals surface area contributed by atoms with E-state index in [0.29, 0.717) is 10.8 Å². The molecule has 0 aliphatic rings. The molecule has 0 saturated carbocycles. The van der Waals surface area contributed by atoms with Crippen LogP contribution in [0.15, 0.2) is 0 Å². The molecule has 0 atom stereocenters. The van der Waals surface area contributed by atoms with E-state index in [1.165, 1.54) is 22.9 Å². The number of aryl methyl sites for hydroxylation is 1. The van der Waals surface area contributed by atoms with E-state index in [4.69, 9.17) is 0 Å². The Kier molecular flexibility index (Phi) is 3.65. The van der Waals surface area contributed by atoms with Gasteiger partial charge in [-0.3, -0.25) is 14.9 Å². The number of ketones is 1. The fourth-order valence-corrected chi connectivity index (χ4v) is 2.09. The van der Waals surface area contributed by atoms with Gasteiger partial charge in [0, 0.05) is 6.92 Å². The summed E-state index contributed by atoms with van der Waals surface area (Å²) in [4.78, 5) is 23.0. The average molecular weight is 280 g/mol. The van der Waals surface area contributed by atoms with Crippen LogP contribution in [0.1, 0.15) is 28.1 Å². The molecule has 0 aromatic carbocycles. The minimum Gasteiger partial charge on any atom is -0.299 e. The van der Waals surface area contributed by atoms with Crippen molar-refractivity contribution in [2.24, 2.45) is 0 Å². The molecule has 19 heavy (non-hydrogen) atoms. The van der Waals surface area contributed by atoms with E-state index in [9.17, 15) is 9.59 Å². The zero-order valence-electron chi connectivity index (χ0n) is 10.7. The lowest BCUT2D eigenvalue weighted by Gasteiger charge is -2.02. The van der Waals surface area contributed by atoms with Crippen molar-refractivity contribution < 1.29 is 9.59 Å². The molecule has 0 saturated heterocycles. The van der Waals surface area contributed by atoms with Crippen molar-refractivity contribution in [3.63, 3.8) is 0 Å². The molecule has 0 radical (unpaired) electrons. The van der Waals surface area contributed by atoms with Crippen LogP contribution in [0.5, 0.6) is 0 Å². The monoisotopic (exact) mass is 280 g/mol. The highest BCUT2D eigenvalue weighted by Gasteiger charge is 2.15. The van der Waals surface area contributed by atoms with Crippen molar-refractivity contribution in [3.8, 4) is 0 Å². The van der Waals surface area contributed by atoms with Gasteiger partial charge in [0.1, 0.15) is 11.6 Å². The number of carbonyl (C=O) groups is 2. The van der Waals surface area contributed by atoms with E-state index < -0.39 is 0 Å². The molecule has 2 aromatic heterocycles. The number of rotatable bonds is 4. The van der Waals surface area contributed by atoms with Gasteiger partial charge >= 0.3 is 0 Å². The van der Waals surface area contributed by atoms with Gasteiger partial charge in [0.05, 0.1) is 5.69 Å². The third-order valence-corrected chi connectivity index (χ3v) is 3.14. The first-order chi connectivity index (χ1) is 8.97. The number of carbonyl (C=O) groups excluding carboxylic acids is 2. The van der Waals surface area contributed by atoms with Crippen molar-refractivity contribution in [1.82, 2.24) is 25.2 Å². The lowest BCUT2D eigenvalue weighted by atomic mass is 10.2. The van der Waals surface area contributed by atoms with Crippen LogP contribution in [-0.2, 0) is 11.3 Å². The molecule has 0 bridgehead atoms. The largest absolute Gasteiger partial charge is 0.299 e. The number of aromatic nitrogens is 5. The Balaban J connectivity index is 2.05. The number of nitrogens with one attached hydrogen (secondary N) is 1. The van der Waals surface area contributed by atoms with Crippen molar-refractivity contribution in [1.29, 1.82) is 0 Å². The minimum atomic E-state index is -0.292. The molecule has 8 nitrogen and oxygen atoms in total. The second-order valence-corrected chi connectivity index (χ2v) is 5.09. The van der Waals surface area contributed by atoms with Crippen LogP contribution >= 0.6 is 11.3 Å². The molecule has 0 aliphatic carbocycles. The number of anilines is 1. The Morgan fingerprint density at radius 2 is 2.00 bits per heavy atom. The maximum Gasteiger partial charge on any atom is 0.248 e. The molecule has 100 valence electrons. The van der Waals surface area contributed by atoms with Gasteiger partial charge in [-0.2, -0.15) is 0 Å². The summed E-state index contributed by atoms with van der Waals surface area (Å²) in [5.41, 5.74) is 0.843. The normalized spacial score (nSPS) is 10.5. The van der Waals surface area contributed by atoms with E-state index in [1.54, 1.807) is 13.8 Å². The zero-order chi connectivity index (χ0) is 14.0. The number of Topliss-reactive ketones (excluding diaryl/α,β-unsaturated/α-hetero) is 1. The summed E-state index contributed by atoms with van der Waals surface area (Å²) in [5.74, 6) is -0.469. The average Bonchev–Trinajstić information content (AvgIpc) is 2.87. The van der Waals surface area contributed by atoms with Crippen molar-refractivity contribution in [2.45, 2.75) is 27.3 Å². The summed E-state index contributed by atoms with van der Waals surface area (Å²) in [6, 6.07) is 0. The lowest BCUT2D eigenvalue weighted by molar-refractivity contribution is -0.117. The van der Waals surface area contributed by atoms with Gasteiger partial charge in [-0.05, 0) is 13.8 Å². The van der Waals surface area contributed by atoms with Gasteiger partial charge in [0.15, 0.2) is 11.5 Å². The van der Waals surface area contributed by atoms with E-state index in [-0.39, 0.29) is 23.9 Å². The molecule has 0 unspecified atom stereocenters. The summed E-state index contributed by atoms with van der Waals surface area (Å²) in [6.45, 7) is 4.88. The fraction of sp³-hybridized carbons (Fsp3) is 0.400. The SMILES string of the molecule is CC(=O)c1nnn(CC(=O)Nc2nnc(C)s2)c1C. The van der Waals surface area contributed by atoms with E-state index >= 15 is 0 Å². The third-order valence-electron chi connectivity index (χ3n) is 2.38. The molecule has 0 spiro atoms. The Labute approximate surface area is 112 Å². The van der Waals surface area contributed by atoms with Gasteiger partial charge < -0.3 is 0 Å². The summed E-state index contributed by atoms with van der Waals surface area (Å²) < 4.78 is 1.37. The van der Waals surface area contributed by atoms with E-state index in [0.717, 1.165) is 5.01 Å². The Bertz CT molecular complexity index is 632. The molecule has 1 amide bonds. The molecule has 0 aliphatic heterocycles. The Hall–Kier alpha value is -2.16.